The smallest absolute Gasteiger partial charge is 0.411 e. The normalized spacial score (nSPS) is 19.1. The summed E-state index contributed by atoms with van der Waals surface area (Å²) in [5, 5.41) is 15.7. The lowest BCUT2D eigenvalue weighted by Gasteiger charge is -2.27. The van der Waals surface area contributed by atoms with E-state index < -0.39 is 30.2 Å². The van der Waals surface area contributed by atoms with Gasteiger partial charge in [0.15, 0.2) is 5.82 Å². The van der Waals surface area contributed by atoms with Crippen LogP contribution < -0.4 is 15.4 Å². The maximum atomic E-state index is 13.2. The van der Waals surface area contributed by atoms with Crippen LogP contribution in [0.15, 0.2) is 53.5 Å². The number of halogens is 1. The summed E-state index contributed by atoms with van der Waals surface area (Å²) in [6.45, 7) is 8.31. The van der Waals surface area contributed by atoms with Crippen LogP contribution in [0.3, 0.4) is 0 Å². The van der Waals surface area contributed by atoms with E-state index in [-0.39, 0.29) is 37.6 Å². The number of ether oxygens (including phenoxy) is 4. The predicted molar refractivity (Wildman–Crippen MR) is 207 cm³/mol. The Balaban J connectivity index is 0.813. The highest BCUT2D eigenvalue weighted by atomic mass is 35.5. The summed E-state index contributed by atoms with van der Waals surface area (Å²) in [7, 11) is 0. The molecule has 4 amide bonds. The number of cyclic esters (lactones) is 1. The van der Waals surface area contributed by atoms with Crippen molar-refractivity contribution in [3.8, 4) is 10.8 Å². The van der Waals surface area contributed by atoms with Crippen molar-refractivity contribution in [2.75, 3.05) is 46.1 Å². The van der Waals surface area contributed by atoms with Crippen LogP contribution in [-0.4, -0.2) is 101 Å². The second-order valence-corrected chi connectivity index (χ2v) is 15.2. The van der Waals surface area contributed by atoms with Gasteiger partial charge in [0.1, 0.15) is 41.4 Å². The minimum absolute atomic E-state index is 0.0885. The number of hydrogen-bond donors (Lipinski definition) is 2. The van der Waals surface area contributed by atoms with Crippen molar-refractivity contribution in [1.29, 1.82) is 0 Å². The van der Waals surface area contributed by atoms with Gasteiger partial charge in [0.25, 0.3) is 0 Å². The maximum Gasteiger partial charge on any atom is 0.411 e. The van der Waals surface area contributed by atoms with E-state index in [0.717, 1.165) is 38.8 Å². The van der Waals surface area contributed by atoms with Crippen LogP contribution in [0.4, 0.5) is 4.79 Å². The zero-order valence-corrected chi connectivity index (χ0v) is 32.8. The molecule has 56 heavy (non-hydrogen) atoms. The van der Waals surface area contributed by atoms with E-state index in [4.69, 9.17) is 35.5 Å². The Labute approximate surface area is 332 Å². The Kier molecular flexibility index (Phi) is 12.1. The number of rotatable bonds is 15. The fourth-order valence-corrected chi connectivity index (χ4v) is 8.19. The van der Waals surface area contributed by atoms with Gasteiger partial charge >= 0.3 is 6.09 Å². The highest BCUT2D eigenvalue weighted by molar-refractivity contribution is 7.15. The number of fused-ring (bicyclic) bond motifs is 3. The fourth-order valence-electron chi connectivity index (χ4n) is 6.85. The molecule has 294 valence electrons. The minimum Gasteiger partial charge on any atom is -0.491 e. The molecule has 2 aromatic heterocycles. The van der Waals surface area contributed by atoms with Crippen LogP contribution in [0.1, 0.15) is 70.2 Å². The van der Waals surface area contributed by atoms with Crippen molar-refractivity contribution in [3.63, 3.8) is 0 Å². The number of imide groups is 1. The molecule has 3 atom stereocenters. The molecule has 2 N–H and O–H groups in total. The quantitative estimate of drug-likeness (QED) is 0.126. The van der Waals surface area contributed by atoms with Gasteiger partial charge in [0.05, 0.1) is 45.1 Å². The number of carbonyl (C=O) groups is 4. The van der Waals surface area contributed by atoms with Gasteiger partial charge in [0, 0.05) is 34.0 Å². The number of nitrogens with one attached hydrogen (secondary N) is 2. The molecule has 0 bridgehead atoms. The zero-order chi connectivity index (χ0) is 39.3. The number of piperidine rings is 1. The molecule has 15 nitrogen and oxygen atoms in total. The maximum absolute atomic E-state index is 13.2. The predicted octanol–water partition coefficient (Wildman–Crippen LogP) is 4.72. The van der Waals surface area contributed by atoms with Gasteiger partial charge in [-0.1, -0.05) is 35.9 Å². The number of nitrogens with zero attached hydrogens (tertiary/aromatic N) is 5. The molecule has 2 saturated heterocycles. The van der Waals surface area contributed by atoms with Crippen LogP contribution in [0, 0.1) is 20.8 Å². The van der Waals surface area contributed by atoms with Crippen molar-refractivity contribution in [2.45, 2.75) is 58.2 Å². The molecular weight excluding hydrogens is 762 g/mol. The van der Waals surface area contributed by atoms with Gasteiger partial charge in [0.2, 0.25) is 17.7 Å². The summed E-state index contributed by atoms with van der Waals surface area (Å²) in [5.41, 5.74) is 4.61. The zero-order valence-electron chi connectivity index (χ0n) is 31.2. The van der Waals surface area contributed by atoms with Crippen LogP contribution in [0.2, 0.25) is 5.02 Å². The first kappa shape index (κ1) is 39.1. The Morgan fingerprint density at radius 3 is 2.46 bits per heavy atom. The molecule has 2 unspecified atom stereocenters. The van der Waals surface area contributed by atoms with Gasteiger partial charge in [-0.05, 0) is 62.6 Å². The minimum atomic E-state index is -0.715. The monoisotopic (exact) mass is 803 g/mol. The summed E-state index contributed by atoms with van der Waals surface area (Å²) < 4.78 is 24.6. The molecule has 17 heteroatoms. The molecular formula is C39H42ClN7O8S. The van der Waals surface area contributed by atoms with Crippen molar-refractivity contribution < 1.29 is 38.1 Å². The van der Waals surface area contributed by atoms with E-state index in [1.165, 1.54) is 9.78 Å². The SMILES string of the molecule is Cc1sc2c(c1C)C(c1ccc(Cl)cc1)=N[C@@H](CC(=O)NCCOCCOCCOc1ccc(C3CN(C4CCC(=O)NC4=O)C(=O)O3)cc1)c1nnc(C)n1-2. The largest absolute Gasteiger partial charge is 0.491 e. The summed E-state index contributed by atoms with van der Waals surface area (Å²) in [6.07, 6.45) is -0.556. The lowest BCUT2D eigenvalue weighted by molar-refractivity contribution is -0.136. The molecule has 7 rings (SSSR count). The third-order valence-corrected chi connectivity index (χ3v) is 11.3. The van der Waals surface area contributed by atoms with Crippen molar-refractivity contribution >= 4 is 52.5 Å². The van der Waals surface area contributed by atoms with E-state index in [9.17, 15) is 19.2 Å². The molecule has 4 aromatic rings. The van der Waals surface area contributed by atoms with E-state index in [1.807, 2.05) is 47.9 Å². The Morgan fingerprint density at radius 1 is 0.982 bits per heavy atom. The van der Waals surface area contributed by atoms with E-state index in [1.54, 1.807) is 23.5 Å². The highest BCUT2D eigenvalue weighted by Crippen LogP contribution is 2.39. The number of carbonyl (C=O) groups excluding carboxylic acids is 4. The number of amides is 4. The molecule has 2 aromatic carbocycles. The Morgan fingerprint density at radius 2 is 1.71 bits per heavy atom. The van der Waals surface area contributed by atoms with Gasteiger partial charge in [-0.25, -0.2) is 4.79 Å². The molecule has 5 heterocycles. The van der Waals surface area contributed by atoms with Gasteiger partial charge in [-0.2, -0.15) is 0 Å². The first-order valence-electron chi connectivity index (χ1n) is 18.4. The number of benzene rings is 2. The molecule has 0 spiro atoms. The Bertz CT molecular complexity index is 2140. The molecule has 0 radical (unpaired) electrons. The highest BCUT2D eigenvalue weighted by Gasteiger charge is 2.42. The lowest BCUT2D eigenvalue weighted by Crippen LogP contribution is -2.52. The standard InChI is InChI=1S/C39H42ClN7O8S/c1-22-23(2)56-38-34(22)35(26-4-8-27(40)9-5-26)42-29(36-45-44-24(3)47(36)38)20-33(49)41-14-15-52-16-17-53-18-19-54-28-10-6-25(7-11-28)31-21-46(39(51)55-31)30-12-13-32(48)43-37(30)50/h4-11,29-31H,12-21H2,1-3H3,(H,41,49)(H,43,48,50)/t29-,30?,31?/m0/s1. The van der Waals surface area contributed by atoms with Crippen LogP contribution in [-0.2, 0) is 28.6 Å². The number of aromatic nitrogens is 3. The topological polar surface area (TPSA) is 176 Å². The fraction of sp³-hybridized carbons (Fsp3) is 0.410. The van der Waals surface area contributed by atoms with Gasteiger partial charge < -0.3 is 24.3 Å². The summed E-state index contributed by atoms with van der Waals surface area (Å²) >= 11 is 7.87. The third-order valence-electron chi connectivity index (χ3n) is 9.85. The van der Waals surface area contributed by atoms with Crippen LogP contribution in [0.25, 0.3) is 5.00 Å². The van der Waals surface area contributed by atoms with E-state index in [2.05, 4.69) is 34.7 Å². The molecule has 3 aliphatic rings. The van der Waals surface area contributed by atoms with E-state index in [0.29, 0.717) is 56.2 Å². The first-order valence-corrected chi connectivity index (χ1v) is 19.6. The van der Waals surface area contributed by atoms with Crippen molar-refractivity contribution in [3.05, 3.63) is 92.3 Å². The summed E-state index contributed by atoms with van der Waals surface area (Å²) in [5.74, 6) is 0.987. The van der Waals surface area contributed by atoms with Gasteiger partial charge in [-0.3, -0.25) is 34.2 Å². The molecule has 3 aliphatic heterocycles. The van der Waals surface area contributed by atoms with Crippen LogP contribution in [0.5, 0.6) is 5.75 Å². The first-order chi connectivity index (χ1) is 27.1. The second-order valence-electron chi connectivity index (χ2n) is 13.6. The number of aliphatic imine (C=N–C) groups is 1. The van der Waals surface area contributed by atoms with E-state index >= 15 is 0 Å². The molecule has 0 aliphatic carbocycles. The van der Waals surface area contributed by atoms with Gasteiger partial charge in [-0.15, -0.1) is 21.5 Å². The van der Waals surface area contributed by atoms with Crippen molar-refractivity contribution in [1.82, 2.24) is 30.3 Å². The Hall–Kier alpha value is -5.16. The number of thiophene rings is 1. The summed E-state index contributed by atoms with van der Waals surface area (Å²) in [6, 6.07) is 13.5. The molecule has 0 saturated carbocycles. The summed E-state index contributed by atoms with van der Waals surface area (Å²) in [4.78, 5) is 57.0. The third kappa shape index (κ3) is 8.63. The van der Waals surface area contributed by atoms with Crippen LogP contribution >= 0.6 is 22.9 Å². The number of aryl methyl sites for hydroxylation is 2. The molecule has 2 fully saturated rings. The second kappa shape index (κ2) is 17.3. The van der Waals surface area contributed by atoms with Crippen molar-refractivity contribution in [2.24, 2.45) is 4.99 Å². The average Bonchev–Trinajstić information content (AvgIpc) is 3.82. The average molecular weight is 804 g/mol. The number of hydrogen-bond acceptors (Lipinski definition) is 12. The lowest BCUT2D eigenvalue weighted by atomic mass is 9.99.